The number of nitrogens with one attached hydrogen (secondary N) is 3. The van der Waals surface area contributed by atoms with Gasteiger partial charge in [0.15, 0.2) is 0 Å². The maximum absolute atomic E-state index is 12.0. The first kappa shape index (κ1) is 16.9. The molecule has 0 radical (unpaired) electrons. The highest BCUT2D eigenvalue weighted by atomic mass is 16.5. The normalized spacial score (nSPS) is 16.3. The fourth-order valence-corrected chi connectivity index (χ4v) is 2.57. The van der Waals surface area contributed by atoms with Gasteiger partial charge >= 0.3 is 0 Å². The second-order valence-electron chi connectivity index (χ2n) is 5.81. The van der Waals surface area contributed by atoms with E-state index in [1.807, 2.05) is 24.3 Å². The summed E-state index contributed by atoms with van der Waals surface area (Å²) in [7, 11) is 0. The van der Waals surface area contributed by atoms with E-state index >= 15 is 0 Å². The Bertz CT molecular complexity index is 755. The van der Waals surface area contributed by atoms with Crippen molar-refractivity contribution < 1.29 is 14.3 Å². The fraction of sp³-hybridized carbons (Fsp3) is 0.278. The van der Waals surface area contributed by atoms with Gasteiger partial charge in [0.2, 0.25) is 5.91 Å². The van der Waals surface area contributed by atoms with Crippen molar-refractivity contribution in [2.45, 2.75) is 25.9 Å². The highest BCUT2D eigenvalue weighted by Crippen LogP contribution is 2.20. The third-order valence-electron chi connectivity index (χ3n) is 3.71. The van der Waals surface area contributed by atoms with Crippen molar-refractivity contribution in [3.8, 4) is 0 Å². The van der Waals surface area contributed by atoms with E-state index in [-0.39, 0.29) is 17.9 Å². The number of carbonyl (C=O) groups is 2. The zero-order valence-corrected chi connectivity index (χ0v) is 13.9. The molecular formula is C18H20N4O3. The molecule has 0 saturated carbocycles. The number of carbonyl (C=O) groups excluding carboxylic acids is 2. The number of nitrogens with zero attached hydrogens (tertiary/aromatic N) is 1. The van der Waals surface area contributed by atoms with Gasteiger partial charge in [0, 0.05) is 24.9 Å². The van der Waals surface area contributed by atoms with Crippen LogP contribution >= 0.6 is 0 Å². The van der Waals surface area contributed by atoms with Crippen molar-refractivity contribution in [1.29, 1.82) is 0 Å². The lowest BCUT2D eigenvalue weighted by atomic mass is 10.2. The Morgan fingerprint density at radius 1 is 1.12 bits per heavy atom. The van der Waals surface area contributed by atoms with Gasteiger partial charge in [-0.25, -0.2) is 4.98 Å². The SMILES string of the molecule is CC(=O)Nc1cccc(Nc2ccc(NC(=O)C3CCCO3)cn2)c1. The predicted molar refractivity (Wildman–Crippen MR) is 95.9 cm³/mol. The maximum atomic E-state index is 12.0. The lowest BCUT2D eigenvalue weighted by Gasteiger charge is -2.11. The molecule has 0 bridgehead atoms. The minimum absolute atomic E-state index is 0.124. The largest absolute Gasteiger partial charge is 0.368 e. The Hall–Kier alpha value is -2.93. The minimum Gasteiger partial charge on any atom is -0.368 e. The summed E-state index contributed by atoms with van der Waals surface area (Å²) in [4.78, 5) is 27.4. The summed E-state index contributed by atoms with van der Waals surface area (Å²) in [6, 6.07) is 10.9. The average Bonchev–Trinajstić information content (AvgIpc) is 3.11. The van der Waals surface area contributed by atoms with Crippen LogP contribution in [0.3, 0.4) is 0 Å². The summed E-state index contributed by atoms with van der Waals surface area (Å²) in [5, 5.41) is 8.69. The third-order valence-corrected chi connectivity index (χ3v) is 3.71. The molecule has 2 heterocycles. The molecule has 1 aliphatic rings. The monoisotopic (exact) mass is 340 g/mol. The standard InChI is InChI=1S/C18H20N4O3/c1-12(23)20-13-4-2-5-14(10-13)21-17-8-7-15(11-19-17)22-18(24)16-6-3-9-25-16/h2,4-5,7-8,10-11,16H,3,6,9H2,1H3,(H,19,21)(H,20,23)(H,22,24). The van der Waals surface area contributed by atoms with E-state index in [2.05, 4.69) is 20.9 Å². The number of benzene rings is 1. The van der Waals surface area contributed by atoms with Crippen LogP contribution < -0.4 is 16.0 Å². The van der Waals surface area contributed by atoms with Gasteiger partial charge in [-0.15, -0.1) is 0 Å². The molecule has 1 unspecified atom stereocenters. The van der Waals surface area contributed by atoms with Gasteiger partial charge in [-0.1, -0.05) is 6.07 Å². The zero-order valence-electron chi connectivity index (χ0n) is 13.9. The second kappa shape index (κ2) is 7.76. The molecule has 3 rings (SSSR count). The molecule has 1 aromatic heterocycles. The molecule has 7 heteroatoms. The number of rotatable bonds is 5. The van der Waals surface area contributed by atoms with E-state index in [1.165, 1.54) is 6.92 Å². The third kappa shape index (κ3) is 4.77. The summed E-state index contributed by atoms with van der Waals surface area (Å²) in [5.74, 6) is 0.375. The molecule has 1 atom stereocenters. The van der Waals surface area contributed by atoms with Crippen molar-refractivity contribution in [2.24, 2.45) is 0 Å². The lowest BCUT2D eigenvalue weighted by Crippen LogP contribution is -2.26. The van der Waals surface area contributed by atoms with Crippen LogP contribution in [-0.2, 0) is 14.3 Å². The minimum atomic E-state index is -0.366. The van der Waals surface area contributed by atoms with Crippen molar-refractivity contribution in [3.63, 3.8) is 0 Å². The Morgan fingerprint density at radius 2 is 1.96 bits per heavy atom. The number of ether oxygens (including phenoxy) is 1. The number of anilines is 4. The van der Waals surface area contributed by atoms with Crippen molar-refractivity contribution >= 4 is 34.7 Å². The van der Waals surface area contributed by atoms with Crippen LogP contribution in [0, 0.1) is 0 Å². The van der Waals surface area contributed by atoms with E-state index in [0.717, 1.165) is 18.5 Å². The molecule has 1 saturated heterocycles. The highest BCUT2D eigenvalue weighted by Gasteiger charge is 2.23. The van der Waals surface area contributed by atoms with E-state index in [1.54, 1.807) is 18.3 Å². The highest BCUT2D eigenvalue weighted by molar-refractivity contribution is 5.94. The van der Waals surface area contributed by atoms with Crippen molar-refractivity contribution in [1.82, 2.24) is 4.98 Å². The molecule has 1 fully saturated rings. The van der Waals surface area contributed by atoms with Gasteiger partial charge in [0.25, 0.3) is 5.91 Å². The van der Waals surface area contributed by atoms with E-state index in [4.69, 9.17) is 4.74 Å². The van der Waals surface area contributed by atoms with Gasteiger partial charge in [0.1, 0.15) is 11.9 Å². The molecule has 1 aliphatic heterocycles. The smallest absolute Gasteiger partial charge is 0.253 e. The van der Waals surface area contributed by atoms with Crippen LogP contribution in [0.5, 0.6) is 0 Å². The van der Waals surface area contributed by atoms with Gasteiger partial charge in [-0.3, -0.25) is 9.59 Å². The van der Waals surface area contributed by atoms with Gasteiger partial charge in [-0.2, -0.15) is 0 Å². The van der Waals surface area contributed by atoms with Crippen LogP contribution in [0.4, 0.5) is 22.9 Å². The van der Waals surface area contributed by atoms with E-state index < -0.39 is 0 Å². The predicted octanol–water partition coefficient (Wildman–Crippen LogP) is 2.90. The quantitative estimate of drug-likeness (QED) is 0.778. The number of aromatic nitrogens is 1. The average molecular weight is 340 g/mol. The molecule has 2 amide bonds. The first-order chi connectivity index (χ1) is 12.1. The fourth-order valence-electron chi connectivity index (χ4n) is 2.57. The Morgan fingerprint density at radius 3 is 2.64 bits per heavy atom. The summed E-state index contributed by atoms with van der Waals surface area (Å²) >= 11 is 0. The summed E-state index contributed by atoms with van der Waals surface area (Å²) in [5.41, 5.74) is 2.13. The molecular weight excluding hydrogens is 320 g/mol. The molecule has 0 aliphatic carbocycles. The summed E-state index contributed by atoms with van der Waals surface area (Å²) in [6.45, 7) is 2.10. The molecule has 2 aromatic rings. The van der Waals surface area contributed by atoms with Crippen LogP contribution in [0.2, 0.25) is 0 Å². The van der Waals surface area contributed by atoms with Crippen LogP contribution in [0.15, 0.2) is 42.6 Å². The zero-order chi connectivity index (χ0) is 17.6. The van der Waals surface area contributed by atoms with Crippen molar-refractivity contribution in [2.75, 3.05) is 22.6 Å². The van der Waals surface area contributed by atoms with E-state index in [9.17, 15) is 9.59 Å². The number of hydrogen-bond donors (Lipinski definition) is 3. The molecule has 7 nitrogen and oxygen atoms in total. The molecule has 3 N–H and O–H groups in total. The maximum Gasteiger partial charge on any atom is 0.253 e. The number of hydrogen-bond acceptors (Lipinski definition) is 5. The molecule has 130 valence electrons. The molecule has 0 spiro atoms. The van der Waals surface area contributed by atoms with Gasteiger partial charge < -0.3 is 20.7 Å². The Kier molecular flexibility index (Phi) is 5.25. The number of amides is 2. The van der Waals surface area contributed by atoms with E-state index in [0.29, 0.717) is 23.8 Å². The Labute approximate surface area is 145 Å². The van der Waals surface area contributed by atoms with Gasteiger partial charge in [-0.05, 0) is 43.2 Å². The summed E-state index contributed by atoms with van der Waals surface area (Å²) < 4.78 is 5.35. The van der Waals surface area contributed by atoms with Crippen LogP contribution in [0.1, 0.15) is 19.8 Å². The number of pyridine rings is 1. The second-order valence-corrected chi connectivity index (χ2v) is 5.81. The summed E-state index contributed by atoms with van der Waals surface area (Å²) in [6.07, 6.45) is 2.89. The molecule has 1 aromatic carbocycles. The first-order valence-electron chi connectivity index (χ1n) is 8.13. The van der Waals surface area contributed by atoms with Crippen LogP contribution in [0.25, 0.3) is 0 Å². The van der Waals surface area contributed by atoms with Gasteiger partial charge in [0.05, 0.1) is 11.9 Å². The van der Waals surface area contributed by atoms with Crippen LogP contribution in [-0.4, -0.2) is 29.5 Å². The van der Waals surface area contributed by atoms with Crippen molar-refractivity contribution in [3.05, 3.63) is 42.6 Å². The topological polar surface area (TPSA) is 92.4 Å². The first-order valence-corrected chi connectivity index (χ1v) is 8.13. The molecule has 25 heavy (non-hydrogen) atoms. The Balaban J connectivity index is 1.60. The lowest BCUT2D eigenvalue weighted by molar-refractivity contribution is -0.124.